The van der Waals surface area contributed by atoms with Crippen LogP contribution in [-0.2, 0) is 28.6 Å². The molecule has 0 rings (SSSR count). The molecule has 0 unspecified atom stereocenters. The molecule has 0 N–H and O–H groups in total. The quantitative estimate of drug-likeness (QED) is 0.0262. The van der Waals surface area contributed by atoms with E-state index in [1.165, 1.54) is 173 Å². The van der Waals surface area contributed by atoms with Crippen molar-refractivity contribution in [3.8, 4) is 0 Å². The molecule has 6 heteroatoms. The molecule has 0 heterocycles. The Hall–Kier alpha value is -2.37. The van der Waals surface area contributed by atoms with Crippen molar-refractivity contribution in [2.45, 2.75) is 297 Å². The maximum atomic E-state index is 12.8. The monoisotopic (exact) mass is 886 g/mol. The average molecular weight is 886 g/mol. The van der Waals surface area contributed by atoms with Crippen LogP contribution in [0.1, 0.15) is 292 Å². The first-order chi connectivity index (χ1) is 31.0. The molecule has 0 fully saturated rings. The van der Waals surface area contributed by atoms with E-state index < -0.39 is 6.10 Å². The van der Waals surface area contributed by atoms with Gasteiger partial charge in [-0.05, 0) is 96.3 Å². The van der Waals surface area contributed by atoms with Gasteiger partial charge in [0.05, 0.1) is 0 Å². The lowest BCUT2D eigenvalue weighted by atomic mass is 10.1. The fourth-order valence-corrected chi connectivity index (χ4v) is 7.90. The topological polar surface area (TPSA) is 78.9 Å². The minimum atomic E-state index is -0.781. The second-order valence-electron chi connectivity index (χ2n) is 18.5. The SMILES string of the molecule is CCCCCCCC/C=C/CCCCCCCC(=O)OCC(COC(=O)CCCCCCC/C=C/CCCCCCCC)OC(=O)CCCCCCC/C=C/CCCCCCCC.[H+]. The van der Waals surface area contributed by atoms with Crippen LogP contribution in [0.2, 0.25) is 0 Å². The van der Waals surface area contributed by atoms with Gasteiger partial charge in [-0.1, -0.05) is 211 Å². The maximum Gasteiger partial charge on any atom is 1.00 e. The Balaban J connectivity index is 0. The van der Waals surface area contributed by atoms with Crippen LogP contribution >= 0.6 is 0 Å². The van der Waals surface area contributed by atoms with Crippen LogP contribution in [0.5, 0.6) is 0 Å². The van der Waals surface area contributed by atoms with E-state index in [-0.39, 0.29) is 32.5 Å². The molecule has 6 nitrogen and oxygen atoms in total. The van der Waals surface area contributed by atoms with Crippen LogP contribution in [0.15, 0.2) is 36.5 Å². The molecule has 0 aliphatic heterocycles. The number of esters is 3. The molecule has 0 atom stereocenters. The number of carbonyl (C=O) groups excluding carboxylic acids is 3. The zero-order valence-electron chi connectivity index (χ0n) is 43.1. The Bertz CT molecular complexity index is 1010. The van der Waals surface area contributed by atoms with Crippen molar-refractivity contribution >= 4 is 17.9 Å². The van der Waals surface area contributed by atoms with Crippen molar-refractivity contribution in [2.24, 2.45) is 0 Å². The van der Waals surface area contributed by atoms with Crippen molar-refractivity contribution in [3.05, 3.63) is 36.5 Å². The second-order valence-corrected chi connectivity index (χ2v) is 18.5. The summed E-state index contributed by atoms with van der Waals surface area (Å²) in [5.41, 5.74) is 0. The fraction of sp³-hybridized carbons (Fsp3) is 0.842. The van der Waals surface area contributed by atoms with Crippen molar-refractivity contribution in [1.82, 2.24) is 0 Å². The molecular weight excluding hydrogens is 781 g/mol. The summed E-state index contributed by atoms with van der Waals surface area (Å²) >= 11 is 0. The second kappa shape index (κ2) is 52.3. The Kier molecular flexibility index (Phi) is 50.3. The molecule has 63 heavy (non-hydrogen) atoms. The van der Waals surface area contributed by atoms with Gasteiger partial charge in [-0.15, -0.1) is 0 Å². The lowest BCUT2D eigenvalue weighted by molar-refractivity contribution is -0.167. The summed E-state index contributed by atoms with van der Waals surface area (Å²) in [4.78, 5) is 38.0. The van der Waals surface area contributed by atoms with E-state index in [0.717, 1.165) is 77.0 Å². The molecule has 0 aromatic carbocycles. The van der Waals surface area contributed by atoms with Crippen LogP contribution < -0.4 is 0 Å². The van der Waals surface area contributed by atoms with Gasteiger partial charge in [-0.2, -0.15) is 0 Å². The molecule has 0 aliphatic carbocycles. The summed E-state index contributed by atoms with van der Waals surface area (Å²) in [7, 11) is 0. The van der Waals surface area contributed by atoms with Crippen LogP contribution in [-0.4, -0.2) is 37.2 Å². The number of hydrogen-bond donors (Lipinski definition) is 0. The number of ether oxygens (including phenoxy) is 3. The number of hydrogen-bond acceptors (Lipinski definition) is 6. The first-order valence-electron chi connectivity index (χ1n) is 27.5. The summed E-state index contributed by atoms with van der Waals surface area (Å²) in [5, 5.41) is 0. The van der Waals surface area contributed by atoms with Gasteiger partial charge in [0.25, 0.3) is 0 Å². The minimum Gasteiger partial charge on any atom is -0.462 e. The normalized spacial score (nSPS) is 11.8. The number of unbranched alkanes of at least 4 members (excludes halogenated alkanes) is 33. The van der Waals surface area contributed by atoms with Gasteiger partial charge >= 0.3 is 19.3 Å². The van der Waals surface area contributed by atoms with Crippen LogP contribution in [0.3, 0.4) is 0 Å². The average Bonchev–Trinajstić information content (AvgIpc) is 3.28. The first kappa shape index (κ1) is 60.6. The lowest BCUT2D eigenvalue weighted by Gasteiger charge is -2.18. The predicted octanol–water partition coefficient (Wildman–Crippen LogP) is 18.2. The molecule has 0 aliphatic rings. The molecule has 0 spiro atoms. The predicted molar refractivity (Wildman–Crippen MR) is 271 cm³/mol. The van der Waals surface area contributed by atoms with Gasteiger partial charge in [-0.3, -0.25) is 14.4 Å². The Labute approximate surface area is 392 Å². The van der Waals surface area contributed by atoms with E-state index in [2.05, 4.69) is 57.2 Å². The largest absolute Gasteiger partial charge is 1.00 e. The lowest BCUT2D eigenvalue weighted by Crippen LogP contribution is -2.30. The zero-order valence-corrected chi connectivity index (χ0v) is 42.1. The van der Waals surface area contributed by atoms with Gasteiger partial charge in [0.2, 0.25) is 0 Å². The van der Waals surface area contributed by atoms with Gasteiger partial charge in [0.15, 0.2) is 6.10 Å². The molecule has 0 aromatic rings. The highest BCUT2D eigenvalue weighted by molar-refractivity contribution is 5.71. The third kappa shape index (κ3) is 50.5. The van der Waals surface area contributed by atoms with Crippen molar-refractivity contribution in [3.63, 3.8) is 0 Å². The van der Waals surface area contributed by atoms with E-state index in [9.17, 15) is 14.4 Å². The molecule has 0 saturated heterocycles. The fourth-order valence-electron chi connectivity index (χ4n) is 7.90. The number of allylic oxidation sites excluding steroid dienone is 6. The highest BCUT2D eigenvalue weighted by Crippen LogP contribution is 2.15. The summed E-state index contributed by atoms with van der Waals surface area (Å²) in [5.74, 6) is -0.893. The van der Waals surface area contributed by atoms with Crippen molar-refractivity contribution in [1.29, 1.82) is 0 Å². The van der Waals surface area contributed by atoms with Crippen molar-refractivity contribution < 1.29 is 30.0 Å². The summed E-state index contributed by atoms with van der Waals surface area (Å²) in [6.45, 7) is 6.63. The van der Waals surface area contributed by atoms with Crippen LogP contribution in [0, 0.1) is 0 Å². The number of rotatable bonds is 50. The molecule has 368 valence electrons. The summed E-state index contributed by atoms with van der Waals surface area (Å²) in [6.07, 6.45) is 61.2. The van der Waals surface area contributed by atoms with E-state index in [4.69, 9.17) is 14.2 Å². The molecule has 0 aromatic heterocycles. The highest BCUT2D eigenvalue weighted by atomic mass is 16.6. The smallest absolute Gasteiger partial charge is 0.462 e. The minimum absolute atomic E-state index is 0. The Morgan fingerprint density at radius 1 is 0.317 bits per heavy atom. The van der Waals surface area contributed by atoms with Crippen LogP contribution in [0.4, 0.5) is 0 Å². The van der Waals surface area contributed by atoms with E-state index in [0.29, 0.717) is 19.3 Å². The zero-order chi connectivity index (χ0) is 45.8. The van der Waals surface area contributed by atoms with Gasteiger partial charge in [0.1, 0.15) is 13.2 Å². The Morgan fingerprint density at radius 2 is 0.540 bits per heavy atom. The van der Waals surface area contributed by atoms with Crippen LogP contribution in [0.25, 0.3) is 0 Å². The summed E-state index contributed by atoms with van der Waals surface area (Å²) < 4.78 is 16.8. The standard InChI is InChI=1S/C57H104O6/c1-4-7-10-13-16-19-22-25-28-31-34-37-40-43-46-49-55(58)61-52-54(63-57(60)51-48-45-42-39-36-33-30-27-24-21-18-15-12-9-6-3)53-62-56(59)50-47-44-41-38-35-32-29-26-23-20-17-14-11-8-5-2/h25-30,54H,4-24,31-53H2,1-3H3/p+1/b28-25+,29-26+,30-27+. The van der Waals surface area contributed by atoms with Gasteiger partial charge < -0.3 is 14.2 Å². The number of carbonyl (C=O) groups is 3. The molecule has 0 radical (unpaired) electrons. The van der Waals surface area contributed by atoms with Crippen molar-refractivity contribution in [2.75, 3.05) is 13.2 Å². The van der Waals surface area contributed by atoms with E-state index in [1.54, 1.807) is 0 Å². The Morgan fingerprint density at radius 3 is 0.810 bits per heavy atom. The van der Waals surface area contributed by atoms with E-state index >= 15 is 0 Å². The third-order valence-electron chi connectivity index (χ3n) is 12.1. The molecule has 0 amide bonds. The van der Waals surface area contributed by atoms with E-state index in [1.807, 2.05) is 0 Å². The highest BCUT2D eigenvalue weighted by Gasteiger charge is 2.19. The maximum absolute atomic E-state index is 12.8. The molecular formula is C57H105O6+. The molecule has 0 bridgehead atoms. The third-order valence-corrected chi connectivity index (χ3v) is 12.1. The van der Waals surface area contributed by atoms with Gasteiger partial charge in [0, 0.05) is 19.3 Å². The summed E-state index contributed by atoms with van der Waals surface area (Å²) in [6, 6.07) is 0. The van der Waals surface area contributed by atoms with Gasteiger partial charge in [-0.25, -0.2) is 0 Å². The first-order valence-corrected chi connectivity index (χ1v) is 27.5. The molecule has 0 saturated carbocycles.